The molecule has 19 heavy (non-hydrogen) atoms. The highest BCUT2D eigenvalue weighted by Gasteiger charge is 2.25. The number of hydrogen-bond donors (Lipinski definition) is 4. The fraction of sp³-hybridized carbons (Fsp3) is 0.500. The SMILES string of the molecule is O=C(OC(=O)OC(=O)C(O)CO)OC(=O)C(O)CO. The van der Waals surface area contributed by atoms with Crippen molar-refractivity contribution >= 4 is 24.2 Å². The average molecular weight is 282 g/mol. The van der Waals surface area contributed by atoms with Crippen LogP contribution in [0.4, 0.5) is 9.59 Å². The van der Waals surface area contributed by atoms with Crippen LogP contribution in [0.5, 0.6) is 0 Å². The highest BCUT2D eigenvalue weighted by molar-refractivity contribution is 5.91. The fourth-order valence-corrected chi connectivity index (χ4v) is 0.559. The molecule has 0 aromatic carbocycles. The van der Waals surface area contributed by atoms with Crippen molar-refractivity contribution in [3.63, 3.8) is 0 Å². The minimum Gasteiger partial charge on any atom is -0.393 e. The van der Waals surface area contributed by atoms with E-state index in [1.807, 2.05) is 0 Å². The van der Waals surface area contributed by atoms with Crippen LogP contribution in [0.2, 0.25) is 0 Å². The summed E-state index contributed by atoms with van der Waals surface area (Å²) in [6.07, 6.45) is -7.87. The molecule has 0 spiro atoms. The van der Waals surface area contributed by atoms with Crippen molar-refractivity contribution in [3.8, 4) is 0 Å². The van der Waals surface area contributed by atoms with Crippen LogP contribution in [0.25, 0.3) is 0 Å². The van der Waals surface area contributed by atoms with Crippen LogP contribution in [-0.2, 0) is 23.8 Å². The molecule has 0 aromatic heterocycles. The minimum absolute atomic E-state index is 1.03. The van der Waals surface area contributed by atoms with E-state index >= 15 is 0 Å². The average Bonchev–Trinajstić information content (AvgIpc) is 2.35. The molecule has 0 saturated carbocycles. The first-order valence-electron chi connectivity index (χ1n) is 4.58. The van der Waals surface area contributed by atoms with Crippen molar-refractivity contribution in [1.29, 1.82) is 0 Å². The molecule has 0 saturated heterocycles. The lowest BCUT2D eigenvalue weighted by atomic mass is 10.4. The van der Waals surface area contributed by atoms with Gasteiger partial charge in [0, 0.05) is 0 Å². The molecule has 0 fully saturated rings. The maximum atomic E-state index is 10.7. The van der Waals surface area contributed by atoms with Gasteiger partial charge >= 0.3 is 24.2 Å². The third kappa shape index (κ3) is 6.42. The normalized spacial score (nSPS) is 13.1. The van der Waals surface area contributed by atoms with E-state index in [4.69, 9.17) is 20.4 Å². The molecule has 11 heteroatoms. The fourth-order valence-electron chi connectivity index (χ4n) is 0.559. The Morgan fingerprint density at radius 3 is 1.32 bits per heavy atom. The van der Waals surface area contributed by atoms with Crippen LogP contribution in [0.15, 0.2) is 0 Å². The van der Waals surface area contributed by atoms with Crippen LogP contribution >= 0.6 is 0 Å². The van der Waals surface area contributed by atoms with Crippen LogP contribution < -0.4 is 0 Å². The van der Waals surface area contributed by atoms with Crippen LogP contribution in [0, 0.1) is 0 Å². The standard InChI is InChI=1S/C8H10O11/c9-1-3(11)5(13)17-7(15)19-8(16)18-6(14)4(12)2-10/h3-4,9-12H,1-2H2. The van der Waals surface area contributed by atoms with Gasteiger partial charge in [-0.3, -0.25) is 0 Å². The van der Waals surface area contributed by atoms with Crippen molar-refractivity contribution in [1.82, 2.24) is 0 Å². The number of rotatable bonds is 4. The first-order chi connectivity index (χ1) is 8.81. The first kappa shape index (κ1) is 16.9. The molecule has 11 nitrogen and oxygen atoms in total. The Morgan fingerprint density at radius 2 is 1.05 bits per heavy atom. The molecule has 2 atom stereocenters. The lowest BCUT2D eigenvalue weighted by Crippen LogP contribution is -2.32. The second-order valence-corrected chi connectivity index (χ2v) is 2.84. The van der Waals surface area contributed by atoms with Gasteiger partial charge in [0.25, 0.3) is 0 Å². The van der Waals surface area contributed by atoms with E-state index in [1.54, 1.807) is 0 Å². The van der Waals surface area contributed by atoms with Gasteiger partial charge in [0.2, 0.25) is 0 Å². The molecular formula is C8H10O11. The van der Waals surface area contributed by atoms with Gasteiger partial charge in [0.05, 0.1) is 13.2 Å². The molecule has 0 aliphatic carbocycles. The molecule has 0 bridgehead atoms. The van der Waals surface area contributed by atoms with Crippen molar-refractivity contribution in [2.45, 2.75) is 12.2 Å². The lowest BCUT2D eigenvalue weighted by molar-refractivity contribution is -0.152. The number of carbonyl (C=O) groups is 4. The monoisotopic (exact) mass is 282 g/mol. The summed E-state index contributed by atoms with van der Waals surface area (Å²) in [5.41, 5.74) is 0. The van der Waals surface area contributed by atoms with Gasteiger partial charge in [-0.2, -0.15) is 0 Å². The topological polar surface area (TPSA) is 177 Å². The second kappa shape index (κ2) is 8.10. The van der Waals surface area contributed by atoms with E-state index in [9.17, 15) is 19.2 Å². The minimum atomic E-state index is -2.01. The number of aliphatic hydroxyl groups excluding tert-OH is 4. The zero-order chi connectivity index (χ0) is 15.0. The summed E-state index contributed by atoms with van der Waals surface area (Å²) in [5.74, 6) is -3.19. The van der Waals surface area contributed by atoms with E-state index in [0.717, 1.165) is 0 Å². The molecule has 0 aromatic rings. The van der Waals surface area contributed by atoms with Gasteiger partial charge in [-0.25, -0.2) is 19.2 Å². The summed E-state index contributed by atoms with van der Waals surface area (Å²) < 4.78 is 11.0. The Hall–Kier alpha value is -2.08. The van der Waals surface area contributed by atoms with Gasteiger partial charge < -0.3 is 34.6 Å². The number of carbonyl (C=O) groups excluding carboxylic acids is 4. The number of esters is 2. The molecule has 108 valence electrons. The molecule has 4 N–H and O–H groups in total. The Bertz CT molecular complexity index is 328. The number of ether oxygens (including phenoxy) is 3. The summed E-state index contributed by atoms with van der Waals surface area (Å²) in [4.78, 5) is 42.9. The first-order valence-corrected chi connectivity index (χ1v) is 4.58. The summed E-state index contributed by atoms with van der Waals surface area (Å²) in [7, 11) is 0. The Labute approximate surface area is 104 Å². The Balaban J connectivity index is 4.17. The van der Waals surface area contributed by atoms with Crippen LogP contribution in [0.3, 0.4) is 0 Å². The molecule has 0 rings (SSSR count). The molecule has 0 radical (unpaired) electrons. The lowest BCUT2D eigenvalue weighted by Gasteiger charge is -2.07. The highest BCUT2D eigenvalue weighted by Crippen LogP contribution is 1.96. The summed E-state index contributed by atoms with van der Waals surface area (Å²) in [5, 5.41) is 34.0. The van der Waals surface area contributed by atoms with Gasteiger partial charge in [0.1, 0.15) is 0 Å². The maximum Gasteiger partial charge on any atom is 0.526 e. The smallest absolute Gasteiger partial charge is 0.393 e. The molecule has 0 amide bonds. The van der Waals surface area contributed by atoms with Gasteiger partial charge in [0.15, 0.2) is 12.2 Å². The third-order valence-corrected chi connectivity index (χ3v) is 1.42. The third-order valence-electron chi connectivity index (χ3n) is 1.42. The molecule has 0 aliphatic heterocycles. The van der Waals surface area contributed by atoms with Crippen molar-refractivity contribution in [2.24, 2.45) is 0 Å². The van der Waals surface area contributed by atoms with E-state index in [-0.39, 0.29) is 0 Å². The zero-order valence-corrected chi connectivity index (χ0v) is 9.22. The predicted octanol–water partition coefficient (Wildman–Crippen LogP) is -2.96. The van der Waals surface area contributed by atoms with E-state index < -0.39 is 49.7 Å². The summed E-state index contributed by atoms with van der Waals surface area (Å²) >= 11 is 0. The van der Waals surface area contributed by atoms with Gasteiger partial charge in [-0.1, -0.05) is 0 Å². The van der Waals surface area contributed by atoms with Crippen molar-refractivity contribution in [3.05, 3.63) is 0 Å². The quantitative estimate of drug-likeness (QED) is 0.306. The highest BCUT2D eigenvalue weighted by atomic mass is 16.8. The van der Waals surface area contributed by atoms with Gasteiger partial charge in [-0.05, 0) is 0 Å². The zero-order valence-electron chi connectivity index (χ0n) is 9.22. The van der Waals surface area contributed by atoms with Gasteiger partial charge in [-0.15, -0.1) is 0 Å². The summed E-state index contributed by atoms with van der Waals surface area (Å²) in [6.45, 7) is -2.06. The second-order valence-electron chi connectivity index (χ2n) is 2.84. The molecular weight excluding hydrogens is 272 g/mol. The Kier molecular flexibility index (Phi) is 7.21. The van der Waals surface area contributed by atoms with E-state index in [0.29, 0.717) is 0 Å². The molecule has 0 heterocycles. The summed E-state index contributed by atoms with van der Waals surface area (Å²) in [6, 6.07) is 0. The van der Waals surface area contributed by atoms with E-state index in [2.05, 4.69) is 14.2 Å². The number of hydrogen-bond acceptors (Lipinski definition) is 11. The molecule has 0 aliphatic rings. The maximum absolute atomic E-state index is 10.7. The van der Waals surface area contributed by atoms with E-state index in [1.165, 1.54) is 0 Å². The Morgan fingerprint density at radius 1 is 0.737 bits per heavy atom. The van der Waals surface area contributed by atoms with Crippen molar-refractivity contribution < 1.29 is 53.8 Å². The predicted molar refractivity (Wildman–Crippen MR) is 50.2 cm³/mol. The molecule has 2 unspecified atom stereocenters. The van der Waals surface area contributed by atoms with Crippen molar-refractivity contribution in [2.75, 3.05) is 13.2 Å². The van der Waals surface area contributed by atoms with Crippen LogP contribution in [0.1, 0.15) is 0 Å². The largest absolute Gasteiger partial charge is 0.526 e. The number of aliphatic hydroxyl groups is 4. The van der Waals surface area contributed by atoms with Crippen LogP contribution in [-0.4, -0.2) is 70.1 Å².